The van der Waals surface area contributed by atoms with E-state index in [1.165, 1.54) is 0 Å². The van der Waals surface area contributed by atoms with Crippen LogP contribution < -0.4 is 10.1 Å². The number of nitrogens with one attached hydrogen (secondary N) is 1. The van der Waals surface area contributed by atoms with E-state index in [-0.39, 0.29) is 30.3 Å². The Labute approximate surface area is 165 Å². The number of aromatic nitrogens is 1. The number of carbonyl (C=O) groups excluding carboxylic acids is 2. The predicted octanol–water partition coefficient (Wildman–Crippen LogP) is 2.86. The highest BCUT2D eigenvalue weighted by atomic mass is 16.5. The van der Waals surface area contributed by atoms with Crippen molar-refractivity contribution >= 4 is 11.8 Å². The number of methoxy groups -OCH3 is 1. The second-order valence-corrected chi connectivity index (χ2v) is 6.90. The van der Waals surface area contributed by atoms with Crippen molar-refractivity contribution in [2.75, 3.05) is 13.7 Å². The molecule has 2 atom stereocenters. The standard InChI is InChI=1S/C21H27N3O4/c1-4-15-12-17(28-23-15)13-22-21(26)18-10-11-19(25)24(5-2)20(18)14-6-8-16(27-3)9-7-14/h6-9,12,18,20H,4-5,10-11,13H2,1-3H3,(H,22,26)/t18-,20+/m1/s1. The van der Waals surface area contributed by atoms with Gasteiger partial charge in [0.15, 0.2) is 5.76 Å². The molecule has 3 rings (SSSR count). The highest BCUT2D eigenvalue weighted by Crippen LogP contribution is 2.37. The third-order valence-corrected chi connectivity index (χ3v) is 5.25. The summed E-state index contributed by atoms with van der Waals surface area (Å²) in [4.78, 5) is 27.2. The molecule has 7 nitrogen and oxygen atoms in total. The molecule has 1 fully saturated rings. The van der Waals surface area contributed by atoms with Crippen LogP contribution in [0.15, 0.2) is 34.9 Å². The smallest absolute Gasteiger partial charge is 0.225 e. The van der Waals surface area contributed by atoms with Crippen molar-refractivity contribution in [1.29, 1.82) is 0 Å². The van der Waals surface area contributed by atoms with Gasteiger partial charge in [0.1, 0.15) is 5.75 Å². The molecule has 1 aliphatic rings. The molecule has 1 aliphatic heterocycles. The number of benzene rings is 1. The number of amides is 2. The summed E-state index contributed by atoms with van der Waals surface area (Å²) in [5.41, 5.74) is 1.80. The maximum absolute atomic E-state index is 13.0. The van der Waals surface area contributed by atoms with Gasteiger partial charge in [-0.3, -0.25) is 9.59 Å². The van der Waals surface area contributed by atoms with Gasteiger partial charge in [0, 0.05) is 19.0 Å². The monoisotopic (exact) mass is 385 g/mol. The lowest BCUT2D eigenvalue weighted by atomic mass is 9.83. The fourth-order valence-corrected chi connectivity index (χ4v) is 3.72. The van der Waals surface area contributed by atoms with E-state index in [4.69, 9.17) is 9.26 Å². The first kappa shape index (κ1) is 19.9. The molecular formula is C21H27N3O4. The van der Waals surface area contributed by atoms with E-state index < -0.39 is 0 Å². The topological polar surface area (TPSA) is 84.7 Å². The maximum atomic E-state index is 13.0. The van der Waals surface area contributed by atoms with Crippen LogP contribution in [0.2, 0.25) is 0 Å². The molecule has 2 aromatic rings. The molecule has 1 N–H and O–H groups in total. The van der Waals surface area contributed by atoms with Crippen molar-refractivity contribution in [3.63, 3.8) is 0 Å². The van der Waals surface area contributed by atoms with Crippen LogP contribution in [0.25, 0.3) is 0 Å². The number of aryl methyl sites for hydroxylation is 1. The highest BCUT2D eigenvalue weighted by Gasteiger charge is 2.39. The molecule has 0 aliphatic carbocycles. The van der Waals surface area contributed by atoms with Gasteiger partial charge in [-0.2, -0.15) is 0 Å². The zero-order valence-corrected chi connectivity index (χ0v) is 16.6. The summed E-state index contributed by atoms with van der Waals surface area (Å²) in [5.74, 6) is 1.05. The van der Waals surface area contributed by atoms with Crippen molar-refractivity contribution in [2.24, 2.45) is 5.92 Å². The van der Waals surface area contributed by atoms with E-state index in [1.54, 1.807) is 12.0 Å². The molecule has 1 saturated heterocycles. The van der Waals surface area contributed by atoms with E-state index in [2.05, 4.69) is 10.5 Å². The summed E-state index contributed by atoms with van der Waals surface area (Å²) in [6, 6.07) is 9.13. The van der Waals surface area contributed by atoms with Gasteiger partial charge >= 0.3 is 0 Å². The van der Waals surface area contributed by atoms with Gasteiger partial charge in [0.2, 0.25) is 11.8 Å². The second-order valence-electron chi connectivity index (χ2n) is 6.90. The normalized spacial score (nSPS) is 19.5. The molecular weight excluding hydrogens is 358 g/mol. The Morgan fingerprint density at radius 2 is 2.07 bits per heavy atom. The van der Waals surface area contributed by atoms with Crippen molar-refractivity contribution < 1.29 is 18.8 Å². The summed E-state index contributed by atoms with van der Waals surface area (Å²) in [6.07, 6.45) is 1.68. The molecule has 150 valence electrons. The zero-order valence-electron chi connectivity index (χ0n) is 16.6. The van der Waals surface area contributed by atoms with Crippen molar-refractivity contribution in [3.8, 4) is 5.75 Å². The lowest BCUT2D eigenvalue weighted by Gasteiger charge is -2.40. The number of carbonyl (C=O) groups is 2. The molecule has 0 bridgehead atoms. The Morgan fingerprint density at radius 3 is 2.68 bits per heavy atom. The predicted molar refractivity (Wildman–Crippen MR) is 104 cm³/mol. The van der Waals surface area contributed by atoms with E-state index in [0.29, 0.717) is 25.1 Å². The van der Waals surface area contributed by atoms with Gasteiger partial charge in [-0.25, -0.2) is 0 Å². The van der Waals surface area contributed by atoms with Gasteiger partial charge in [0.25, 0.3) is 0 Å². The minimum atomic E-state index is -0.320. The Hall–Kier alpha value is -2.83. The number of hydrogen-bond donors (Lipinski definition) is 1. The van der Waals surface area contributed by atoms with Crippen LogP contribution in [0, 0.1) is 5.92 Å². The second kappa shape index (κ2) is 8.91. The SMILES string of the molecule is CCc1cc(CNC(=O)[C@@H]2CCC(=O)N(CC)[C@H]2c2ccc(OC)cc2)on1. The van der Waals surface area contributed by atoms with E-state index in [9.17, 15) is 9.59 Å². The average Bonchev–Trinajstić information content (AvgIpc) is 3.20. The maximum Gasteiger partial charge on any atom is 0.225 e. The quantitative estimate of drug-likeness (QED) is 0.792. The lowest BCUT2D eigenvalue weighted by molar-refractivity contribution is -0.143. The number of piperidine rings is 1. The van der Waals surface area contributed by atoms with Gasteiger partial charge in [0.05, 0.1) is 31.3 Å². The van der Waals surface area contributed by atoms with Gasteiger partial charge in [-0.1, -0.05) is 24.2 Å². The van der Waals surface area contributed by atoms with Crippen molar-refractivity contribution in [3.05, 3.63) is 47.3 Å². The third kappa shape index (κ3) is 4.18. The Bertz CT molecular complexity index is 815. The van der Waals surface area contributed by atoms with Gasteiger partial charge < -0.3 is 19.5 Å². The van der Waals surface area contributed by atoms with Crippen LogP contribution in [0.5, 0.6) is 5.75 Å². The molecule has 2 heterocycles. The Balaban J connectivity index is 1.78. The summed E-state index contributed by atoms with van der Waals surface area (Å²) < 4.78 is 10.5. The molecule has 2 amide bonds. The first-order valence-corrected chi connectivity index (χ1v) is 9.73. The summed E-state index contributed by atoms with van der Waals surface area (Å²) in [6.45, 7) is 4.78. The molecule has 0 unspecified atom stereocenters. The molecule has 28 heavy (non-hydrogen) atoms. The van der Waals surface area contributed by atoms with E-state index in [1.807, 2.05) is 44.2 Å². The number of ether oxygens (including phenoxy) is 1. The number of nitrogens with zero attached hydrogens (tertiary/aromatic N) is 2. The molecule has 1 aromatic carbocycles. The van der Waals surface area contributed by atoms with E-state index >= 15 is 0 Å². The first-order valence-electron chi connectivity index (χ1n) is 9.73. The fraction of sp³-hybridized carbons (Fsp3) is 0.476. The third-order valence-electron chi connectivity index (χ3n) is 5.25. The van der Waals surface area contributed by atoms with Crippen molar-refractivity contribution in [1.82, 2.24) is 15.4 Å². The molecule has 7 heteroatoms. The average molecular weight is 385 g/mol. The van der Waals surface area contributed by atoms with Crippen LogP contribution in [-0.4, -0.2) is 35.5 Å². The molecule has 0 spiro atoms. The fourth-order valence-electron chi connectivity index (χ4n) is 3.72. The molecule has 0 radical (unpaired) electrons. The first-order chi connectivity index (χ1) is 13.6. The Morgan fingerprint density at radius 1 is 1.32 bits per heavy atom. The summed E-state index contributed by atoms with van der Waals surface area (Å²) in [7, 11) is 1.61. The van der Waals surface area contributed by atoms with Crippen molar-refractivity contribution in [2.45, 2.75) is 45.7 Å². The molecule has 0 saturated carbocycles. The minimum absolute atomic E-state index is 0.0789. The number of hydrogen-bond acceptors (Lipinski definition) is 5. The highest BCUT2D eigenvalue weighted by molar-refractivity contribution is 5.85. The largest absolute Gasteiger partial charge is 0.497 e. The van der Waals surface area contributed by atoms with Crippen LogP contribution >= 0.6 is 0 Å². The molecule has 1 aromatic heterocycles. The summed E-state index contributed by atoms with van der Waals surface area (Å²) in [5, 5.41) is 6.90. The number of rotatable bonds is 7. The van der Waals surface area contributed by atoms with Gasteiger partial charge in [-0.15, -0.1) is 0 Å². The summed E-state index contributed by atoms with van der Waals surface area (Å²) >= 11 is 0. The van der Waals surface area contributed by atoms with Crippen LogP contribution in [0.1, 0.15) is 49.7 Å². The number of likely N-dealkylation sites (tertiary alicyclic amines) is 1. The zero-order chi connectivity index (χ0) is 20.1. The van der Waals surface area contributed by atoms with Crippen LogP contribution in [0.4, 0.5) is 0 Å². The van der Waals surface area contributed by atoms with Gasteiger partial charge in [-0.05, 0) is 37.5 Å². The van der Waals surface area contributed by atoms with Crippen LogP contribution in [-0.2, 0) is 22.6 Å². The van der Waals surface area contributed by atoms with E-state index in [0.717, 1.165) is 23.4 Å². The lowest BCUT2D eigenvalue weighted by Crippen LogP contribution is -2.47. The van der Waals surface area contributed by atoms with Crippen LogP contribution in [0.3, 0.4) is 0 Å². The minimum Gasteiger partial charge on any atom is -0.497 e. The Kier molecular flexibility index (Phi) is 6.34.